The Morgan fingerprint density at radius 2 is 2.19 bits per heavy atom. The highest BCUT2D eigenvalue weighted by Gasteiger charge is 2.01. The summed E-state index contributed by atoms with van der Waals surface area (Å²) in [6.45, 7) is 0. The molecule has 1 heterocycles. The van der Waals surface area contributed by atoms with Gasteiger partial charge in [-0.1, -0.05) is 0 Å². The number of anilines is 1. The van der Waals surface area contributed by atoms with Crippen LogP contribution in [0.3, 0.4) is 0 Å². The molecule has 0 radical (unpaired) electrons. The Morgan fingerprint density at radius 3 is 2.88 bits per heavy atom. The second-order valence-corrected chi connectivity index (χ2v) is 5.36. The van der Waals surface area contributed by atoms with Gasteiger partial charge in [0.1, 0.15) is 5.82 Å². The fraction of sp³-hybridized carbons (Fsp3) is 0.167. The molecule has 0 atom stereocenters. The molecule has 1 aromatic heterocycles. The summed E-state index contributed by atoms with van der Waals surface area (Å²) in [5.41, 5.74) is 6.96. The Morgan fingerprint density at radius 1 is 1.31 bits per heavy atom. The number of benzene rings is 1. The van der Waals surface area contributed by atoms with Crippen molar-refractivity contribution in [1.29, 1.82) is 0 Å². The molecule has 16 heavy (non-hydrogen) atoms. The van der Waals surface area contributed by atoms with Crippen molar-refractivity contribution in [2.45, 2.75) is 11.3 Å². The number of aryl methyl sites for hydroxylation is 1. The average molecular weight is 253 g/mol. The lowest BCUT2D eigenvalue weighted by atomic mass is 10.3. The molecule has 0 amide bonds. The molecule has 0 spiro atoms. The average Bonchev–Trinajstić information content (AvgIpc) is 2.76. The van der Waals surface area contributed by atoms with Gasteiger partial charge in [-0.3, -0.25) is 0 Å². The van der Waals surface area contributed by atoms with Gasteiger partial charge in [0.05, 0.1) is 5.69 Å². The number of hydrogen-bond acceptors (Lipinski definition) is 3. The monoisotopic (exact) mass is 253 g/mol. The highest BCUT2D eigenvalue weighted by Crippen LogP contribution is 2.23. The third kappa shape index (κ3) is 3.00. The zero-order valence-corrected chi connectivity index (χ0v) is 10.3. The van der Waals surface area contributed by atoms with Crippen LogP contribution in [-0.4, -0.2) is 5.75 Å². The maximum Gasteiger partial charge on any atom is 0.147 e. The molecule has 2 rings (SSSR count). The third-order valence-electron chi connectivity index (χ3n) is 2.21. The summed E-state index contributed by atoms with van der Waals surface area (Å²) in [6, 6.07) is 7.08. The Labute approximate surface area is 102 Å². The molecule has 0 unspecified atom stereocenters. The van der Waals surface area contributed by atoms with Crippen LogP contribution in [0.1, 0.15) is 5.56 Å². The molecule has 0 saturated heterocycles. The molecule has 2 N–H and O–H groups in total. The largest absolute Gasteiger partial charge is 0.396 e. The van der Waals surface area contributed by atoms with Gasteiger partial charge < -0.3 is 5.73 Å². The van der Waals surface area contributed by atoms with E-state index in [0.717, 1.165) is 17.1 Å². The van der Waals surface area contributed by atoms with E-state index < -0.39 is 0 Å². The molecule has 1 nitrogen and oxygen atoms in total. The molecule has 1 aromatic carbocycles. The van der Waals surface area contributed by atoms with Crippen LogP contribution in [0, 0.1) is 5.82 Å². The lowest BCUT2D eigenvalue weighted by Gasteiger charge is -2.02. The van der Waals surface area contributed by atoms with Crippen molar-refractivity contribution >= 4 is 28.8 Å². The first-order valence-corrected chi connectivity index (χ1v) is 6.87. The standard InChI is InChI=1S/C12H12FNS2/c13-11-7-10(1-2-12(11)14)16-6-4-9-3-5-15-8-9/h1-3,5,7-8H,4,6,14H2. The van der Waals surface area contributed by atoms with Gasteiger partial charge in [0.2, 0.25) is 0 Å². The fourth-order valence-electron chi connectivity index (χ4n) is 1.32. The maximum absolute atomic E-state index is 13.1. The van der Waals surface area contributed by atoms with E-state index >= 15 is 0 Å². The van der Waals surface area contributed by atoms with E-state index in [0.29, 0.717) is 0 Å². The van der Waals surface area contributed by atoms with Gasteiger partial charge in [-0.15, -0.1) is 11.8 Å². The fourth-order valence-corrected chi connectivity index (χ4v) is 2.95. The Balaban J connectivity index is 1.87. The topological polar surface area (TPSA) is 26.0 Å². The molecule has 0 aliphatic carbocycles. The van der Waals surface area contributed by atoms with Gasteiger partial charge in [-0.05, 0) is 47.0 Å². The Bertz CT molecular complexity index is 454. The lowest BCUT2D eigenvalue weighted by Crippen LogP contribution is -1.91. The van der Waals surface area contributed by atoms with Crippen molar-refractivity contribution in [3.63, 3.8) is 0 Å². The van der Waals surface area contributed by atoms with E-state index in [1.165, 1.54) is 11.6 Å². The molecule has 0 saturated carbocycles. The Kier molecular flexibility index (Phi) is 3.85. The summed E-state index contributed by atoms with van der Waals surface area (Å²) in [7, 11) is 0. The van der Waals surface area contributed by atoms with Crippen LogP contribution >= 0.6 is 23.1 Å². The van der Waals surface area contributed by atoms with Crippen LogP contribution in [-0.2, 0) is 6.42 Å². The van der Waals surface area contributed by atoms with Crippen LogP contribution in [0.15, 0.2) is 39.9 Å². The van der Waals surface area contributed by atoms with Gasteiger partial charge in [0.25, 0.3) is 0 Å². The minimum absolute atomic E-state index is 0.210. The normalized spacial score (nSPS) is 10.6. The van der Waals surface area contributed by atoms with E-state index in [2.05, 4.69) is 16.8 Å². The van der Waals surface area contributed by atoms with Crippen LogP contribution in [0.2, 0.25) is 0 Å². The SMILES string of the molecule is Nc1ccc(SCCc2ccsc2)cc1F. The van der Waals surface area contributed by atoms with Crippen molar-refractivity contribution < 1.29 is 4.39 Å². The zero-order chi connectivity index (χ0) is 11.4. The summed E-state index contributed by atoms with van der Waals surface area (Å²) in [6.07, 6.45) is 1.01. The highest BCUT2D eigenvalue weighted by atomic mass is 32.2. The summed E-state index contributed by atoms with van der Waals surface area (Å²) in [4.78, 5) is 0.932. The van der Waals surface area contributed by atoms with Crippen molar-refractivity contribution in [3.05, 3.63) is 46.4 Å². The Hall–Kier alpha value is -1.00. The smallest absolute Gasteiger partial charge is 0.147 e. The molecular weight excluding hydrogens is 241 g/mol. The van der Waals surface area contributed by atoms with Crippen molar-refractivity contribution in [1.82, 2.24) is 0 Å². The highest BCUT2D eigenvalue weighted by molar-refractivity contribution is 7.99. The quantitative estimate of drug-likeness (QED) is 0.662. The van der Waals surface area contributed by atoms with Crippen LogP contribution in [0.25, 0.3) is 0 Å². The van der Waals surface area contributed by atoms with E-state index in [9.17, 15) is 4.39 Å². The number of hydrogen-bond donors (Lipinski definition) is 1. The van der Waals surface area contributed by atoms with E-state index in [1.807, 2.05) is 6.07 Å². The predicted molar refractivity (Wildman–Crippen MR) is 69.6 cm³/mol. The molecule has 4 heteroatoms. The molecule has 0 aliphatic heterocycles. The molecule has 84 valence electrons. The summed E-state index contributed by atoms with van der Waals surface area (Å²) in [5, 5.41) is 4.22. The van der Waals surface area contributed by atoms with Gasteiger partial charge in [-0.25, -0.2) is 4.39 Å². The number of nitrogens with two attached hydrogens (primary N) is 1. The first-order valence-electron chi connectivity index (χ1n) is 4.94. The van der Waals surface area contributed by atoms with E-state index in [-0.39, 0.29) is 11.5 Å². The van der Waals surface area contributed by atoms with Crippen molar-refractivity contribution in [2.75, 3.05) is 11.5 Å². The summed E-state index contributed by atoms with van der Waals surface area (Å²) < 4.78 is 13.1. The number of nitrogen functional groups attached to an aromatic ring is 1. The maximum atomic E-state index is 13.1. The second kappa shape index (κ2) is 5.37. The molecular formula is C12H12FNS2. The molecule has 0 aliphatic rings. The number of thiophene rings is 1. The van der Waals surface area contributed by atoms with E-state index in [1.54, 1.807) is 29.2 Å². The van der Waals surface area contributed by atoms with Gasteiger partial charge in [0.15, 0.2) is 0 Å². The first-order chi connectivity index (χ1) is 7.75. The lowest BCUT2D eigenvalue weighted by molar-refractivity contribution is 0.629. The third-order valence-corrected chi connectivity index (χ3v) is 3.94. The minimum Gasteiger partial charge on any atom is -0.396 e. The van der Waals surface area contributed by atoms with Crippen molar-refractivity contribution in [3.8, 4) is 0 Å². The van der Waals surface area contributed by atoms with Gasteiger partial charge in [-0.2, -0.15) is 11.3 Å². The second-order valence-electron chi connectivity index (χ2n) is 3.41. The molecule has 2 aromatic rings. The molecule has 0 bridgehead atoms. The number of thioether (sulfide) groups is 1. The van der Waals surface area contributed by atoms with Crippen LogP contribution in [0.4, 0.5) is 10.1 Å². The van der Waals surface area contributed by atoms with Gasteiger partial charge in [0, 0.05) is 10.6 Å². The molecule has 0 fully saturated rings. The van der Waals surface area contributed by atoms with Crippen molar-refractivity contribution in [2.24, 2.45) is 0 Å². The van der Waals surface area contributed by atoms with E-state index in [4.69, 9.17) is 5.73 Å². The number of halogens is 1. The summed E-state index contributed by atoms with van der Waals surface area (Å²) in [5.74, 6) is 0.626. The first kappa shape index (κ1) is 11.5. The van der Waals surface area contributed by atoms with Crippen LogP contribution in [0.5, 0.6) is 0 Å². The van der Waals surface area contributed by atoms with Gasteiger partial charge >= 0.3 is 0 Å². The predicted octanol–water partition coefficient (Wildman–Crippen LogP) is 3.80. The minimum atomic E-state index is -0.333. The summed E-state index contributed by atoms with van der Waals surface area (Å²) >= 11 is 3.36. The number of rotatable bonds is 4. The zero-order valence-electron chi connectivity index (χ0n) is 8.65. The van der Waals surface area contributed by atoms with Crippen LogP contribution < -0.4 is 5.73 Å².